The number of hydrogen-bond acceptors (Lipinski definition) is 5. The zero-order valence-corrected chi connectivity index (χ0v) is 13.4. The van der Waals surface area contributed by atoms with Crippen molar-refractivity contribution in [2.24, 2.45) is 7.05 Å². The molecule has 24 heavy (non-hydrogen) atoms. The molecule has 3 heterocycles. The molecule has 7 heteroatoms. The van der Waals surface area contributed by atoms with Gasteiger partial charge in [0.2, 0.25) is 0 Å². The number of imidazole rings is 1. The number of rotatable bonds is 1. The van der Waals surface area contributed by atoms with Gasteiger partial charge in [-0.25, -0.2) is 9.97 Å². The van der Waals surface area contributed by atoms with Crippen molar-refractivity contribution in [2.45, 2.75) is 6.92 Å². The van der Waals surface area contributed by atoms with E-state index in [1.54, 1.807) is 6.20 Å². The SMILES string of the molecule is Cc1cc(-c2nccn2C)nc2cc3c(cc12)OCCO3.O=CO. The Kier molecular flexibility index (Phi) is 4.33. The lowest BCUT2D eigenvalue weighted by Crippen LogP contribution is -2.15. The molecule has 0 bridgehead atoms. The smallest absolute Gasteiger partial charge is 0.290 e. The first-order valence-electron chi connectivity index (χ1n) is 7.40. The van der Waals surface area contributed by atoms with Crippen molar-refractivity contribution >= 4 is 17.4 Å². The lowest BCUT2D eigenvalue weighted by atomic mass is 10.1. The highest BCUT2D eigenvalue weighted by atomic mass is 16.6. The number of carbonyl (C=O) groups is 1. The van der Waals surface area contributed by atoms with Gasteiger partial charge in [0.1, 0.15) is 18.9 Å². The van der Waals surface area contributed by atoms with Crippen LogP contribution in [0.5, 0.6) is 11.5 Å². The van der Waals surface area contributed by atoms with Gasteiger partial charge in [-0.3, -0.25) is 4.79 Å². The lowest BCUT2D eigenvalue weighted by Gasteiger charge is -2.19. The summed E-state index contributed by atoms with van der Waals surface area (Å²) in [5, 5.41) is 7.97. The van der Waals surface area contributed by atoms with Crippen molar-refractivity contribution in [1.29, 1.82) is 0 Å². The van der Waals surface area contributed by atoms with Crippen molar-refractivity contribution in [2.75, 3.05) is 13.2 Å². The zero-order chi connectivity index (χ0) is 17.1. The molecule has 0 atom stereocenters. The first-order valence-corrected chi connectivity index (χ1v) is 7.40. The number of ether oxygens (including phenoxy) is 2. The Morgan fingerprint density at radius 1 is 1.21 bits per heavy atom. The second kappa shape index (κ2) is 6.57. The predicted octanol–water partition coefficient (Wildman–Crippen LogP) is 2.42. The van der Waals surface area contributed by atoms with Gasteiger partial charge in [-0.15, -0.1) is 0 Å². The van der Waals surface area contributed by atoms with Crippen molar-refractivity contribution in [1.82, 2.24) is 14.5 Å². The molecule has 1 N–H and O–H groups in total. The number of hydrogen-bond donors (Lipinski definition) is 1. The highest BCUT2D eigenvalue weighted by Gasteiger charge is 2.16. The number of aromatic nitrogens is 3. The summed E-state index contributed by atoms with van der Waals surface area (Å²) >= 11 is 0. The summed E-state index contributed by atoms with van der Waals surface area (Å²) in [4.78, 5) is 17.5. The molecule has 1 aliphatic heterocycles. The summed E-state index contributed by atoms with van der Waals surface area (Å²) in [5.74, 6) is 2.41. The van der Waals surface area contributed by atoms with E-state index in [4.69, 9.17) is 24.4 Å². The van der Waals surface area contributed by atoms with E-state index < -0.39 is 0 Å². The van der Waals surface area contributed by atoms with Crippen molar-refractivity contribution in [3.05, 3.63) is 36.2 Å². The van der Waals surface area contributed by atoms with Crippen molar-refractivity contribution in [3.63, 3.8) is 0 Å². The minimum absolute atomic E-state index is 0.250. The van der Waals surface area contributed by atoms with E-state index in [0.717, 1.165) is 39.5 Å². The molecule has 1 aliphatic rings. The van der Waals surface area contributed by atoms with Crippen LogP contribution in [0.1, 0.15) is 5.56 Å². The van der Waals surface area contributed by atoms with Crippen molar-refractivity contribution in [3.8, 4) is 23.0 Å². The van der Waals surface area contributed by atoms with Crippen LogP contribution in [-0.2, 0) is 11.8 Å². The van der Waals surface area contributed by atoms with E-state index in [9.17, 15) is 0 Å². The molecule has 0 fully saturated rings. The second-order valence-corrected chi connectivity index (χ2v) is 5.30. The van der Waals surface area contributed by atoms with Crippen LogP contribution in [0.2, 0.25) is 0 Å². The van der Waals surface area contributed by atoms with E-state index in [1.807, 2.05) is 29.9 Å². The fourth-order valence-corrected chi connectivity index (χ4v) is 2.66. The fourth-order valence-electron chi connectivity index (χ4n) is 2.66. The van der Waals surface area contributed by atoms with Crippen LogP contribution in [0.4, 0.5) is 0 Å². The maximum Gasteiger partial charge on any atom is 0.290 e. The van der Waals surface area contributed by atoms with Gasteiger partial charge in [0.25, 0.3) is 6.47 Å². The minimum atomic E-state index is -0.250. The van der Waals surface area contributed by atoms with Crippen LogP contribution in [0.3, 0.4) is 0 Å². The Bertz CT molecular complexity index is 889. The normalized spacial score (nSPS) is 12.4. The number of benzene rings is 1. The standard InChI is InChI=1S/C16H15N3O2.CH2O2/c1-10-7-13(16-17-3-4-19(16)2)18-12-9-15-14(8-11(10)12)20-5-6-21-15;2-1-3/h3-4,7-9H,5-6H2,1-2H3;1H,(H,2,3). The average Bonchev–Trinajstić information content (AvgIpc) is 3.00. The molecule has 0 unspecified atom stereocenters. The largest absolute Gasteiger partial charge is 0.486 e. The Hall–Kier alpha value is -3.09. The summed E-state index contributed by atoms with van der Waals surface area (Å²) in [6, 6.07) is 6.01. The molecular formula is C17H17N3O4. The molecule has 4 rings (SSSR count). The van der Waals surface area contributed by atoms with E-state index >= 15 is 0 Å². The molecule has 1 aromatic carbocycles. The quantitative estimate of drug-likeness (QED) is 0.691. The predicted molar refractivity (Wildman–Crippen MR) is 88.4 cm³/mol. The third-order valence-electron chi connectivity index (χ3n) is 3.73. The summed E-state index contributed by atoms with van der Waals surface area (Å²) in [5.41, 5.74) is 2.91. The third-order valence-corrected chi connectivity index (χ3v) is 3.73. The number of aryl methyl sites for hydroxylation is 2. The number of nitrogens with zero attached hydrogens (tertiary/aromatic N) is 3. The van der Waals surface area contributed by atoms with Gasteiger partial charge in [0, 0.05) is 30.9 Å². The highest BCUT2D eigenvalue weighted by Crippen LogP contribution is 2.36. The molecule has 0 saturated carbocycles. The van der Waals surface area contributed by atoms with Crippen LogP contribution < -0.4 is 9.47 Å². The van der Waals surface area contributed by atoms with Crippen LogP contribution in [-0.4, -0.2) is 39.3 Å². The first kappa shape index (κ1) is 15.8. The van der Waals surface area contributed by atoms with Gasteiger partial charge < -0.3 is 19.1 Å². The number of pyridine rings is 1. The van der Waals surface area contributed by atoms with E-state index in [2.05, 4.69) is 18.0 Å². The molecule has 3 aromatic rings. The maximum atomic E-state index is 8.36. The zero-order valence-electron chi connectivity index (χ0n) is 13.4. The fraction of sp³-hybridized carbons (Fsp3) is 0.235. The first-order chi connectivity index (χ1) is 11.6. The molecular weight excluding hydrogens is 310 g/mol. The Labute approximate surface area is 138 Å². The molecule has 7 nitrogen and oxygen atoms in total. The third kappa shape index (κ3) is 2.88. The second-order valence-electron chi connectivity index (χ2n) is 5.30. The average molecular weight is 327 g/mol. The van der Waals surface area contributed by atoms with E-state index in [-0.39, 0.29) is 6.47 Å². The maximum absolute atomic E-state index is 8.36. The van der Waals surface area contributed by atoms with Crippen LogP contribution in [0.15, 0.2) is 30.6 Å². The van der Waals surface area contributed by atoms with Crippen LogP contribution in [0, 0.1) is 6.92 Å². The van der Waals surface area contributed by atoms with E-state index in [1.165, 1.54) is 0 Å². The Morgan fingerprint density at radius 3 is 2.50 bits per heavy atom. The number of carboxylic acid groups (broad SMARTS) is 1. The van der Waals surface area contributed by atoms with Gasteiger partial charge in [-0.1, -0.05) is 0 Å². The summed E-state index contributed by atoms with van der Waals surface area (Å²) in [6.45, 7) is 3.00. The molecule has 0 amide bonds. The van der Waals surface area contributed by atoms with Gasteiger partial charge >= 0.3 is 0 Å². The van der Waals surface area contributed by atoms with Crippen molar-refractivity contribution < 1.29 is 19.4 Å². The van der Waals surface area contributed by atoms with Gasteiger partial charge in [-0.05, 0) is 24.6 Å². The molecule has 2 aromatic heterocycles. The summed E-state index contributed by atoms with van der Waals surface area (Å²) in [7, 11) is 1.97. The van der Waals surface area contributed by atoms with E-state index in [0.29, 0.717) is 13.2 Å². The summed E-state index contributed by atoms with van der Waals surface area (Å²) < 4.78 is 13.2. The van der Waals surface area contributed by atoms with Gasteiger partial charge in [0.15, 0.2) is 17.3 Å². The molecule has 124 valence electrons. The summed E-state index contributed by atoms with van der Waals surface area (Å²) in [6.07, 6.45) is 3.70. The van der Waals surface area contributed by atoms with Gasteiger partial charge in [-0.2, -0.15) is 0 Å². The highest BCUT2D eigenvalue weighted by molar-refractivity contribution is 5.87. The molecule has 0 saturated heterocycles. The molecule has 0 radical (unpaired) electrons. The van der Waals surface area contributed by atoms with Crippen LogP contribution in [0.25, 0.3) is 22.4 Å². The topological polar surface area (TPSA) is 86.5 Å². The minimum Gasteiger partial charge on any atom is -0.486 e. The Morgan fingerprint density at radius 2 is 1.88 bits per heavy atom. The van der Waals surface area contributed by atoms with Crippen LogP contribution >= 0.6 is 0 Å². The molecule has 0 aliphatic carbocycles. The Balaban J connectivity index is 0.000000526. The lowest BCUT2D eigenvalue weighted by molar-refractivity contribution is -0.122. The van der Waals surface area contributed by atoms with Gasteiger partial charge in [0.05, 0.1) is 5.52 Å². The number of fused-ring (bicyclic) bond motifs is 2. The molecule has 0 spiro atoms. The monoisotopic (exact) mass is 327 g/mol.